The number of carbonyl (C=O) groups is 2. The van der Waals surface area contributed by atoms with E-state index < -0.39 is 17.5 Å². The molecule has 1 aliphatic heterocycles. The van der Waals surface area contributed by atoms with Crippen molar-refractivity contribution in [2.75, 3.05) is 31.1 Å². The fourth-order valence-corrected chi connectivity index (χ4v) is 4.69. The predicted molar refractivity (Wildman–Crippen MR) is 133 cm³/mol. The monoisotopic (exact) mass is 499 g/mol. The van der Waals surface area contributed by atoms with Crippen molar-refractivity contribution in [2.45, 2.75) is 13.8 Å². The molecule has 1 amide bonds. The van der Waals surface area contributed by atoms with Crippen molar-refractivity contribution in [2.24, 2.45) is 0 Å². The van der Waals surface area contributed by atoms with Gasteiger partial charge in [-0.2, -0.15) is 5.10 Å². The summed E-state index contributed by atoms with van der Waals surface area (Å²) in [4.78, 5) is 50.2. The Bertz CT molecular complexity index is 1680. The van der Waals surface area contributed by atoms with Crippen LogP contribution < -0.4 is 4.90 Å². The van der Waals surface area contributed by atoms with Gasteiger partial charge in [0.2, 0.25) is 0 Å². The molecule has 6 rings (SSSR count). The fraction of sp³-hybridized carbons (Fsp3) is 0.240. The van der Waals surface area contributed by atoms with Gasteiger partial charge in [0.25, 0.3) is 11.7 Å². The molecule has 0 radical (unpaired) electrons. The number of benzene rings is 1. The van der Waals surface area contributed by atoms with Gasteiger partial charge in [-0.25, -0.2) is 29.0 Å². The summed E-state index contributed by atoms with van der Waals surface area (Å²) in [5, 5.41) is 5.14. The Morgan fingerprint density at radius 3 is 2.51 bits per heavy atom. The Hall–Kier alpha value is -4.74. The third-order valence-electron chi connectivity index (χ3n) is 6.47. The molecule has 0 aliphatic carbocycles. The van der Waals surface area contributed by atoms with Gasteiger partial charge in [0, 0.05) is 37.8 Å². The number of fused-ring (bicyclic) bond motifs is 2. The Kier molecular flexibility index (Phi) is 5.36. The minimum atomic E-state index is -0.783. The highest BCUT2D eigenvalue weighted by Crippen LogP contribution is 2.27. The fourth-order valence-electron chi connectivity index (χ4n) is 4.69. The first-order chi connectivity index (χ1) is 17.9. The van der Waals surface area contributed by atoms with Crippen LogP contribution in [-0.4, -0.2) is 77.5 Å². The van der Waals surface area contributed by atoms with Crippen molar-refractivity contribution in [3.8, 4) is 5.82 Å². The minimum Gasteiger partial charge on any atom is -0.357 e. The number of aryl methyl sites for hydroxylation is 2. The number of para-hydroxylation sites is 1. The van der Waals surface area contributed by atoms with Crippen LogP contribution in [0, 0.1) is 19.7 Å². The number of aromatic nitrogens is 7. The number of H-pyrrole nitrogens is 1. The van der Waals surface area contributed by atoms with Crippen LogP contribution in [0.4, 0.5) is 10.2 Å². The molecule has 37 heavy (non-hydrogen) atoms. The SMILES string of the molecule is Cc1nc(N2CCN(C(=O)C(=O)c3c[nH]c4c(-n5cnc(C)n5)ncc(F)c34)CC2)c2ccccc2n1. The van der Waals surface area contributed by atoms with E-state index in [0.29, 0.717) is 37.8 Å². The van der Waals surface area contributed by atoms with Crippen molar-refractivity contribution in [1.82, 2.24) is 39.6 Å². The minimum absolute atomic E-state index is 0.00179. The lowest BCUT2D eigenvalue weighted by atomic mass is 10.1. The number of rotatable bonds is 4. The molecule has 12 heteroatoms. The first-order valence-electron chi connectivity index (χ1n) is 11.8. The third-order valence-corrected chi connectivity index (χ3v) is 6.47. The van der Waals surface area contributed by atoms with Gasteiger partial charge < -0.3 is 14.8 Å². The number of carbonyl (C=O) groups excluding carboxylic acids is 2. The number of hydrogen-bond acceptors (Lipinski definition) is 8. The van der Waals surface area contributed by atoms with E-state index in [-0.39, 0.29) is 22.3 Å². The number of pyridine rings is 1. The summed E-state index contributed by atoms with van der Waals surface area (Å²) in [5.41, 5.74) is 1.07. The molecule has 1 aromatic carbocycles. The molecule has 1 fully saturated rings. The van der Waals surface area contributed by atoms with Crippen LogP contribution in [0.2, 0.25) is 0 Å². The van der Waals surface area contributed by atoms with Crippen LogP contribution in [0.25, 0.3) is 27.6 Å². The zero-order valence-electron chi connectivity index (χ0n) is 20.1. The second kappa shape index (κ2) is 8.73. The highest BCUT2D eigenvalue weighted by atomic mass is 19.1. The number of halogens is 1. The Labute approximate surface area is 210 Å². The first-order valence-corrected chi connectivity index (χ1v) is 11.8. The molecule has 0 spiro atoms. The van der Waals surface area contributed by atoms with Crippen molar-refractivity contribution >= 4 is 39.3 Å². The van der Waals surface area contributed by atoms with Crippen molar-refractivity contribution < 1.29 is 14.0 Å². The zero-order valence-corrected chi connectivity index (χ0v) is 20.1. The molecule has 1 saturated heterocycles. The molecular weight excluding hydrogens is 477 g/mol. The maximum Gasteiger partial charge on any atom is 0.295 e. The molecule has 0 unspecified atom stereocenters. The normalized spacial score (nSPS) is 14.0. The van der Waals surface area contributed by atoms with Gasteiger partial charge in [-0.15, -0.1) is 0 Å². The van der Waals surface area contributed by atoms with Crippen LogP contribution >= 0.6 is 0 Å². The van der Waals surface area contributed by atoms with Gasteiger partial charge in [-0.1, -0.05) is 12.1 Å². The number of aromatic amines is 1. The number of piperazine rings is 1. The zero-order chi connectivity index (χ0) is 25.7. The van der Waals surface area contributed by atoms with Gasteiger partial charge >= 0.3 is 0 Å². The standard InChI is InChI=1S/C25H22FN9O2/c1-14-29-13-35(32-14)24-21-20(18(26)12-28-24)17(11-27-21)22(36)25(37)34-9-7-33(8-10-34)23-16-5-3-4-6-19(16)30-15(2)31-23/h3-6,11-13,27H,7-10H2,1-2H3. The van der Waals surface area contributed by atoms with Gasteiger partial charge in [0.1, 0.15) is 23.8 Å². The van der Waals surface area contributed by atoms with E-state index in [1.807, 2.05) is 31.2 Å². The number of nitrogens with one attached hydrogen (secondary N) is 1. The Morgan fingerprint density at radius 1 is 0.973 bits per heavy atom. The molecule has 1 N–H and O–H groups in total. The second-order valence-corrected chi connectivity index (χ2v) is 8.84. The smallest absolute Gasteiger partial charge is 0.295 e. The number of nitrogens with zero attached hydrogens (tertiary/aromatic N) is 8. The summed E-state index contributed by atoms with van der Waals surface area (Å²) >= 11 is 0. The highest BCUT2D eigenvalue weighted by molar-refractivity contribution is 6.45. The molecule has 186 valence electrons. The van der Waals surface area contributed by atoms with E-state index in [0.717, 1.165) is 22.9 Å². The molecule has 0 saturated carbocycles. The average Bonchev–Trinajstić information content (AvgIpc) is 3.55. The summed E-state index contributed by atoms with van der Waals surface area (Å²) in [5.74, 6) is 0.102. The summed E-state index contributed by atoms with van der Waals surface area (Å²) in [6.07, 6.45) is 3.80. The van der Waals surface area contributed by atoms with Crippen LogP contribution in [0.5, 0.6) is 0 Å². The maximum atomic E-state index is 14.8. The lowest BCUT2D eigenvalue weighted by Crippen LogP contribution is -2.51. The Morgan fingerprint density at radius 2 is 1.76 bits per heavy atom. The van der Waals surface area contributed by atoms with Crippen molar-refractivity contribution in [3.05, 3.63) is 66.0 Å². The predicted octanol–water partition coefficient (Wildman–Crippen LogP) is 2.37. The third kappa shape index (κ3) is 3.86. The van der Waals surface area contributed by atoms with E-state index in [1.54, 1.807) is 6.92 Å². The maximum absolute atomic E-state index is 14.8. The molecule has 1 aliphatic rings. The van der Waals surface area contributed by atoms with E-state index in [9.17, 15) is 14.0 Å². The van der Waals surface area contributed by atoms with Crippen molar-refractivity contribution in [1.29, 1.82) is 0 Å². The van der Waals surface area contributed by atoms with Gasteiger partial charge in [-0.05, 0) is 26.0 Å². The summed E-state index contributed by atoms with van der Waals surface area (Å²) in [7, 11) is 0. The number of ketones is 1. The van der Waals surface area contributed by atoms with E-state index >= 15 is 0 Å². The summed E-state index contributed by atoms with van der Waals surface area (Å²) < 4.78 is 16.2. The van der Waals surface area contributed by atoms with Gasteiger partial charge in [-0.3, -0.25) is 9.59 Å². The van der Waals surface area contributed by atoms with Crippen LogP contribution in [0.3, 0.4) is 0 Å². The number of Topliss-reactive ketones (excluding diaryl/α,β-unsaturated/α-hetero) is 1. The van der Waals surface area contributed by atoms with Crippen LogP contribution in [-0.2, 0) is 4.79 Å². The molecule has 0 bridgehead atoms. The van der Waals surface area contributed by atoms with E-state index in [2.05, 4.69) is 34.9 Å². The lowest BCUT2D eigenvalue weighted by molar-refractivity contribution is -0.126. The molecule has 11 nitrogen and oxygen atoms in total. The van der Waals surface area contributed by atoms with Crippen molar-refractivity contribution in [3.63, 3.8) is 0 Å². The van der Waals surface area contributed by atoms with Crippen LogP contribution in [0.15, 0.2) is 43.0 Å². The lowest BCUT2D eigenvalue weighted by Gasteiger charge is -2.35. The molecular formula is C25H22FN9O2. The second-order valence-electron chi connectivity index (χ2n) is 8.84. The molecule has 5 heterocycles. The van der Waals surface area contributed by atoms with E-state index in [4.69, 9.17) is 0 Å². The van der Waals surface area contributed by atoms with Gasteiger partial charge in [0.05, 0.1) is 28.2 Å². The van der Waals surface area contributed by atoms with E-state index in [1.165, 1.54) is 22.1 Å². The summed E-state index contributed by atoms with van der Waals surface area (Å²) in [6, 6.07) is 7.78. The Balaban J connectivity index is 1.24. The number of amides is 1. The molecule has 0 atom stereocenters. The summed E-state index contributed by atoms with van der Waals surface area (Å²) in [6.45, 7) is 5.23. The largest absolute Gasteiger partial charge is 0.357 e. The quantitative estimate of drug-likeness (QED) is 0.295. The first kappa shape index (κ1) is 22.7. The number of anilines is 1. The number of hydrogen-bond donors (Lipinski definition) is 1. The topological polar surface area (TPSA) is 126 Å². The van der Waals surface area contributed by atoms with Gasteiger partial charge in [0.15, 0.2) is 11.6 Å². The average molecular weight is 500 g/mol. The molecule has 5 aromatic rings. The molecule has 4 aromatic heterocycles. The van der Waals surface area contributed by atoms with Crippen LogP contribution in [0.1, 0.15) is 22.0 Å². The highest BCUT2D eigenvalue weighted by Gasteiger charge is 2.31.